The van der Waals surface area contributed by atoms with Crippen LogP contribution in [0.1, 0.15) is 36.4 Å². The molecule has 0 fully saturated rings. The van der Waals surface area contributed by atoms with Crippen LogP contribution >= 0.6 is 15.9 Å². The number of hydrazone groups is 1. The molecule has 27 heavy (non-hydrogen) atoms. The summed E-state index contributed by atoms with van der Waals surface area (Å²) in [4.78, 5) is 24.1. The fourth-order valence-corrected chi connectivity index (χ4v) is 3.20. The quantitative estimate of drug-likeness (QED) is 0.731. The van der Waals surface area contributed by atoms with Gasteiger partial charge in [-0.15, -0.1) is 0 Å². The third-order valence-electron chi connectivity index (χ3n) is 4.39. The van der Waals surface area contributed by atoms with Crippen LogP contribution in [0.15, 0.2) is 58.1 Å². The number of carbonyl (C=O) groups excluding carboxylic acids is 2. The van der Waals surface area contributed by atoms with E-state index in [1.165, 1.54) is 12.1 Å². The molecule has 1 aliphatic rings. The van der Waals surface area contributed by atoms with Gasteiger partial charge in [-0.25, -0.2) is 5.01 Å². The summed E-state index contributed by atoms with van der Waals surface area (Å²) in [5.41, 5.74) is 2.56. The summed E-state index contributed by atoms with van der Waals surface area (Å²) in [5.74, 6) is -0.486. The van der Waals surface area contributed by atoms with Gasteiger partial charge in [0, 0.05) is 17.3 Å². The van der Waals surface area contributed by atoms with E-state index < -0.39 is 5.97 Å². The summed E-state index contributed by atoms with van der Waals surface area (Å²) in [6, 6.07) is 14.2. The number of benzene rings is 2. The number of ether oxygens (including phenoxy) is 1. The molecule has 0 aliphatic carbocycles. The molecule has 1 N–H and O–H groups in total. The number of methoxy groups -OCH3 is 1. The van der Waals surface area contributed by atoms with Crippen LogP contribution < -0.4 is 0 Å². The molecule has 0 aromatic heterocycles. The summed E-state index contributed by atoms with van der Waals surface area (Å²) in [6.45, 7) is 0. The summed E-state index contributed by atoms with van der Waals surface area (Å²) in [5, 5.41) is 15.5. The molecule has 6 nitrogen and oxygen atoms in total. The van der Waals surface area contributed by atoms with E-state index in [0.29, 0.717) is 6.42 Å². The molecular formula is C20H19BrN2O4. The van der Waals surface area contributed by atoms with Crippen LogP contribution in [-0.4, -0.2) is 34.8 Å². The second-order valence-electron chi connectivity index (χ2n) is 6.18. The van der Waals surface area contributed by atoms with Crippen molar-refractivity contribution in [3.05, 3.63) is 64.1 Å². The van der Waals surface area contributed by atoms with Crippen LogP contribution in [0, 0.1) is 0 Å². The number of hydrogen-bond donors (Lipinski definition) is 1. The van der Waals surface area contributed by atoms with E-state index in [0.717, 1.165) is 21.3 Å². The molecule has 1 atom stereocenters. The zero-order chi connectivity index (χ0) is 19.4. The van der Waals surface area contributed by atoms with E-state index in [1.54, 1.807) is 24.3 Å². The van der Waals surface area contributed by atoms with Crippen molar-refractivity contribution in [2.24, 2.45) is 5.10 Å². The van der Waals surface area contributed by atoms with Gasteiger partial charge in [0.1, 0.15) is 5.75 Å². The molecule has 0 saturated heterocycles. The first-order valence-corrected chi connectivity index (χ1v) is 9.28. The van der Waals surface area contributed by atoms with Crippen LogP contribution in [0.4, 0.5) is 0 Å². The second-order valence-corrected chi connectivity index (χ2v) is 7.10. The average Bonchev–Trinajstić information content (AvgIpc) is 3.12. The van der Waals surface area contributed by atoms with Crippen LogP contribution in [0.3, 0.4) is 0 Å². The van der Waals surface area contributed by atoms with Gasteiger partial charge in [-0.1, -0.05) is 28.1 Å². The lowest BCUT2D eigenvalue weighted by Gasteiger charge is -2.22. The van der Waals surface area contributed by atoms with E-state index in [2.05, 4.69) is 25.8 Å². The fraction of sp³-hybridized carbons (Fsp3) is 0.250. The SMILES string of the molecule is COC(=O)CCC(=O)N1N=C(c2ccc(O)cc2)CC1c1ccc(Br)cc1. The molecule has 140 valence electrons. The zero-order valence-corrected chi connectivity index (χ0v) is 16.3. The van der Waals surface area contributed by atoms with E-state index >= 15 is 0 Å². The monoisotopic (exact) mass is 430 g/mol. The van der Waals surface area contributed by atoms with Gasteiger partial charge >= 0.3 is 5.97 Å². The van der Waals surface area contributed by atoms with Gasteiger partial charge in [-0.2, -0.15) is 5.10 Å². The van der Waals surface area contributed by atoms with Gasteiger partial charge in [-0.05, 0) is 47.5 Å². The number of halogens is 1. The molecule has 7 heteroatoms. The normalized spacial score (nSPS) is 16.1. The number of nitrogens with zero attached hydrogens (tertiary/aromatic N) is 2. The van der Waals surface area contributed by atoms with E-state index in [4.69, 9.17) is 0 Å². The van der Waals surface area contributed by atoms with Crippen molar-refractivity contribution in [3.8, 4) is 5.75 Å². The van der Waals surface area contributed by atoms with Crippen LogP contribution in [0.25, 0.3) is 0 Å². The van der Waals surface area contributed by atoms with Crippen molar-refractivity contribution in [3.63, 3.8) is 0 Å². The van der Waals surface area contributed by atoms with Gasteiger partial charge in [0.15, 0.2) is 0 Å². The highest BCUT2D eigenvalue weighted by molar-refractivity contribution is 9.10. The first-order valence-electron chi connectivity index (χ1n) is 8.49. The molecule has 0 spiro atoms. The summed E-state index contributed by atoms with van der Waals surface area (Å²) in [7, 11) is 1.30. The van der Waals surface area contributed by atoms with Crippen molar-refractivity contribution in [1.82, 2.24) is 5.01 Å². The van der Waals surface area contributed by atoms with Crippen molar-refractivity contribution in [2.75, 3.05) is 7.11 Å². The molecule has 2 aromatic carbocycles. The summed E-state index contributed by atoms with van der Waals surface area (Å²) >= 11 is 3.42. The number of aromatic hydroxyl groups is 1. The highest BCUT2D eigenvalue weighted by Gasteiger charge is 2.33. The van der Waals surface area contributed by atoms with Gasteiger partial charge < -0.3 is 9.84 Å². The Morgan fingerprint density at radius 1 is 1.15 bits per heavy atom. The Balaban J connectivity index is 1.87. The molecule has 3 rings (SSSR count). The number of rotatable bonds is 5. The topological polar surface area (TPSA) is 79.2 Å². The molecule has 0 saturated carbocycles. The zero-order valence-electron chi connectivity index (χ0n) is 14.8. The van der Waals surface area contributed by atoms with Crippen molar-refractivity contribution in [1.29, 1.82) is 0 Å². The predicted molar refractivity (Wildman–Crippen MR) is 104 cm³/mol. The minimum absolute atomic E-state index is 0.0168. The average molecular weight is 431 g/mol. The van der Waals surface area contributed by atoms with Gasteiger partial charge in [0.05, 0.1) is 25.3 Å². The molecule has 1 heterocycles. The number of amides is 1. The van der Waals surface area contributed by atoms with Gasteiger partial charge in [0.25, 0.3) is 0 Å². The minimum Gasteiger partial charge on any atom is -0.508 e. The summed E-state index contributed by atoms with van der Waals surface area (Å²) in [6.07, 6.45) is 0.603. The Labute approximate surface area is 165 Å². The largest absolute Gasteiger partial charge is 0.508 e. The first-order chi connectivity index (χ1) is 13.0. The number of hydrogen-bond acceptors (Lipinski definition) is 5. The molecular weight excluding hydrogens is 412 g/mol. The fourth-order valence-electron chi connectivity index (χ4n) is 2.94. The second kappa shape index (κ2) is 8.35. The van der Waals surface area contributed by atoms with E-state index in [1.807, 2.05) is 24.3 Å². The molecule has 0 bridgehead atoms. The predicted octanol–water partition coefficient (Wildman–Crippen LogP) is 3.79. The van der Waals surface area contributed by atoms with E-state index in [-0.39, 0.29) is 30.5 Å². The maximum absolute atomic E-state index is 12.7. The Kier molecular flexibility index (Phi) is 5.91. The maximum Gasteiger partial charge on any atom is 0.306 e. The highest BCUT2D eigenvalue weighted by atomic mass is 79.9. The number of phenols is 1. The Bertz CT molecular complexity index is 863. The first kappa shape index (κ1) is 19.1. The lowest BCUT2D eigenvalue weighted by Crippen LogP contribution is -2.27. The maximum atomic E-state index is 12.7. The van der Waals surface area contributed by atoms with Gasteiger partial charge in [-0.3, -0.25) is 9.59 Å². The Hall–Kier alpha value is -2.67. The summed E-state index contributed by atoms with van der Waals surface area (Å²) < 4.78 is 5.57. The molecule has 1 aliphatic heterocycles. The Morgan fingerprint density at radius 3 is 2.44 bits per heavy atom. The van der Waals surface area contributed by atoms with Crippen LogP contribution in [-0.2, 0) is 14.3 Å². The minimum atomic E-state index is -0.425. The van der Waals surface area contributed by atoms with E-state index in [9.17, 15) is 14.7 Å². The van der Waals surface area contributed by atoms with Crippen molar-refractivity contribution in [2.45, 2.75) is 25.3 Å². The third-order valence-corrected chi connectivity index (χ3v) is 4.92. The molecule has 2 aromatic rings. The molecule has 1 amide bonds. The number of phenolic OH excluding ortho intramolecular Hbond substituents is 1. The lowest BCUT2D eigenvalue weighted by molar-refractivity contribution is -0.144. The van der Waals surface area contributed by atoms with Crippen molar-refractivity contribution < 1.29 is 19.4 Å². The third kappa shape index (κ3) is 4.54. The Morgan fingerprint density at radius 2 is 1.81 bits per heavy atom. The lowest BCUT2D eigenvalue weighted by atomic mass is 9.98. The molecule has 1 unspecified atom stereocenters. The van der Waals surface area contributed by atoms with Gasteiger partial charge in [0.2, 0.25) is 5.91 Å². The van der Waals surface area contributed by atoms with Crippen LogP contribution in [0.5, 0.6) is 5.75 Å². The number of esters is 1. The van der Waals surface area contributed by atoms with Crippen molar-refractivity contribution >= 4 is 33.5 Å². The number of carbonyl (C=O) groups is 2. The standard InChI is InChI=1S/C20H19BrN2O4/c1-27-20(26)11-10-19(25)23-18(14-2-6-15(21)7-3-14)12-17(22-23)13-4-8-16(24)9-5-13/h2-9,18,24H,10-12H2,1H3. The molecule has 0 radical (unpaired) electrons. The smallest absolute Gasteiger partial charge is 0.306 e. The van der Waals surface area contributed by atoms with Crippen LogP contribution in [0.2, 0.25) is 0 Å². The highest BCUT2D eigenvalue weighted by Crippen LogP contribution is 2.34.